The number of fused-ring (bicyclic) bond motifs is 1. The number of nitrogens with one attached hydrogen (secondary N) is 1. The quantitative estimate of drug-likeness (QED) is 0.345. The third-order valence-electron chi connectivity index (χ3n) is 5.98. The minimum absolute atomic E-state index is 0.134. The smallest absolute Gasteiger partial charge is 0.338 e. The molecule has 1 aliphatic heterocycles. The number of ether oxygens (including phenoxy) is 3. The molecule has 4 rings (SSSR count). The average molecular weight is 460 g/mol. The Hall–Kier alpha value is -3.48. The lowest BCUT2D eigenvalue weighted by Gasteiger charge is -2.35. The molecule has 2 unspecified atom stereocenters. The van der Waals surface area contributed by atoms with Gasteiger partial charge in [-0.1, -0.05) is 54.6 Å². The molecule has 1 aliphatic rings. The van der Waals surface area contributed by atoms with Crippen LogP contribution in [0.3, 0.4) is 0 Å². The minimum atomic E-state index is -0.565. The third kappa shape index (κ3) is 4.60. The number of esters is 1. The molecule has 0 aromatic heterocycles. The van der Waals surface area contributed by atoms with Gasteiger partial charge in [0.15, 0.2) is 12.1 Å². The second-order valence-electron chi connectivity index (χ2n) is 8.01. The highest BCUT2D eigenvalue weighted by molar-refractivity contribution is 6.14. The SMILES string of the molecule is CCOC(OCC)c1cccc(C2C(=O)c3c(cccc3C(=O)OC)NC2c2ccccc2)c1. The van der Waals surface area contributed by atoms with Gasteiger partial charge in [-0.05, 0) is 43.2 Å². The first-order valence-electron chi connectivity index (χ1n) is 11.5. The van der Waals surface area contributed by atoms with Crippen LogP contribution < -0.4 is 5.32 Å². The maximum absolute atomic E-state index is 14.1. The average Bonchev–Trinajstić information content (AvgIpc) is 2.88. The fourth-order valence-corrected chi connectivity index (χ4v) is 4.50. The number of benzene rings is 3. The van der Waals surface area contributed by atoms with Crippen molar-refractivity contribution in [3.05, 3.63) is 101 Å². The van der Waals surface area contributed by atoms with Crippen molar-refractivity contribution in [1.82, 2.24) is 0 Å². The summed E-state index contributed by atoms with van der Waals surface area (Å²) in [6.07, 6.45) is -0.519. The van der Waals surface area contributed by atoms with Gasteiger partial charge >= 0.3 is 5.97 Å². The Balaban J connectivity index is 1.85. The predicted molar refractivity (Wildman–Crippen MR) is 130 cm³/mol. The van der Waals surface area contributed by atoms with Crippen LogP contribution in [0.25, 0.3) is 0 Å². The Bertz CT molecular complexity index is 1150. The molecule has 34 heavy (non-hydrogen) atoms. The Kier molecular flexibility index (Phi) is 7.40. The van der Waals surface area contributed by atoms with Crippen LogP contribution in [0.5, 0.6) is 0 Å². The van der Waals surface area contributed by atoms with Crippen molar-refractivity contribution in [2.45, 2.75) is 32.1 Å². The van der Waals surface area contributed by atoms with E-state index in [1.165, 1.54) is 7.11 Å². The van der Waals surface area contributed by atoms with Gasteiger partial charge in [0.1, 0.15) is 0 Å². The van der Waals surface area contributed by atoms with Gasteiger partial charge in [-0.2, -0.15) is 0 Å². The zero-order chi connectivity index (χ0) is 24.1. The van der Waals surface area contributed by atoms with Crippen molar-refractivity contribution in [2.24, 2.45) is 0 Å². The van der Waals surface area contributed by atoms with E-state index in [0.717, 1.165) is 16.7 Å². The number of hydrogen-bond donors (Lipinski definition) is 1. The normalized spacial score (nSPS) is 17.2. The van der Waals surface area contributed by atoms with E-state index >= 15 is 0 Å². The monoisotopic (exact) mass is 459 g/mol. The summed E-state index contributed by atoms with van der Waals surface area (Å²) < 4.78 is 16.5. The molecule has 3 aromatic carbocycles. The van der Waals surface area contributed by atoms with Gasteiger partial charge in [-0.25, -0.2) is 4.79 Å². The van der Waals surface area contributed by atoms with Crippen LogP contribution in [0.2, 0.25) is 0 Å². The number of ketones is 1. The number of hydrogen-bond acceptors (Lipinski definition) is 6. The number of methoxy groups -OCH3 is 1. The van der Waals surface area contributed by atoms with E-state index in [1.54, 1.807) is 12.1 Å². The van der Waals surface area contributed by atoms with Crippen LogP contribution in [-0.4, -0.2) is 32.1 Å². The van der Waals surface area contributed by atoms with Gasteiger partial charge in [0.05, 0.1) is 30.2 Å². The number of Topliss-reactive ketones (excluding diaryl/α,β-unsaturated/α-hetero) is 1. The predicted octanol–water partition coefficient (Wildman–Crippen LogP) is 5.68. The molecule has 0 saturated carbocycles. The summed E-state index contributed by atoms with van der Waals surface area (Å²) in [6.45, 7) is 4.84. The van der Waals surface area contributed by atoms with Gasteiger partial charge in [-0.15, -0.1) is 0 Å². The fraction of sp³-hybridized carbons (Fsp3) is 0.286. The Morgan fingerprint density at radius 1 is 0.912 bits per heavy atom. The van der Waals surface area contributed by atoms with Crippen molar-refractivity contribution in [3.63, 3.8) is 0 Å². The molecule has 6 heteroatoms. The van der Waals surface area contributed by atoms with Crippen molar-refractivity contribution < 1.29 is 23.8 Å². The van der Waals surface area contributed by atoms with Gasteiger partial charge < -0.3 is 19.5 Å². The number of anilines is 1. The maximum atomic E-state index is 14.1. The minimum Gasteiger partial charge on any atom is -0.465 e. The molecule has 2 atom stereocenters. The summed E-state index contributed by atoms with van der Waals surface area (Å²) in [4.78, 5) is 26.5. The molecule has 6 nitrogen and oxygen atoms in total. The zero-order valence-electron chi connectivity index (χ0n) is 19.6. The molecule has 0 spiro atoms. The molecule has 0 bridgehead atoms. The van der Waals surface area contributed by atoms with E-state index in [9.17, 15) is 9.59 Å². The molecule has 176 valence electrons. The van der Waals surface area contributed by atoms with E-state index in [4.69, 9.17) is 14.2 Å². The highest BCUT2D eigenvalue weighted by atomic mass is 16.7. The molecule has 0 saturated heterocycles. The number of rotatable bonds is 8. The lowest BCUT2D eigenvalue weighted by molar-refractivity contribution is -0.140. The maximum Gasteiger partial charge on any atom is 0.338 e. The summed E-state index contributed by atoms with van der Waals surface area (Å²) in [5, 5.41) is 3.52. The molecule has 0 fully saturated rings. The summed E-state index contributed by atoms with van der Waals surface area (Å²) in [5.41, 5.74) is 3.86. The fourth-order valence-electron chi connectivity index (χ4n) is 4.50. The van der Waals surface area contributed by atoms with Crippen LogP contribution >= 0.6 is 0 Å². The van der Waals surface area contributed by atoms with Crippen LogP contribution in [0.4, 0.5) is 5.69 Å². The molecule has 0 aliphatic carbocycles. The Labute approximate surface area is 199 Å². The van der Waals surface area contributed by atoms with E-state index in [0.29, 0.717) is 24.5 Å². The second-order valence-corrected chi connectivity index (χ2v) is 8.01. The zero-order valence-corrected chi connectivity index (χ0v) is 19.6. The van der Waals surface area contributed by atoms with Crippen molar-refractivity contribution >= 4 is 17.4 Å². The topological polar surface area (TPSA) is 73.9 Å². The van der Waals surface area contributed by atoms with E-state index < -0.39 is 18.2 Å². The first-order chi connectivity index (χ1) is 16.6. The Morgan fingerprint density at radius 2 is 1.59 bits per heavy atom. The summed E-state index contributed by atoms with van der Waals surface area (Å²) in [7, 11) is 1.32. The van der Waals surface area contributed by atoms with Crippen LogP contribution in [0.15, 0.2) is 72.8 Å². The second kappa shape index (κ2) is 10.6. The Morgan fingerprint density at radius 3 is 2.26 bits per heavy atom. The van der Waals surface area contributed by atoms with Gasteiger partial charge in [-0.3, -0.25) is 4.79 Å². The van der Waals surface area contributed by atoms with Gasteiger partial charge in [0.2, 0.25) is 0 Å². The van der Waals surface area contributed by atoms with E-state index in [-0.39, 0.29) is 17.4 Å². The molecular formula is C28H29NO5. The van der Waals surface area contributed by atoms with Crippen molar-refractivity contribution in [2.75, 3.05) is 25.6 Å². The lowest BCUT2D eigenvalue weighted by atomic mass is 9.77. The first-order valence-corrected chi connectivity index (χ1v) is 11.5. The first kappa shape index (κ1) is 23.7. The van der Waals surface area contributed by atoms with Gasteiger partial charge in [0.25, 0.3) is 0 Å². The molecule has 1 N–H and O–H groups in total. The standard InChI is InChI=1S/C28H29NO5/c1-4-33-28(34-5-2)20-14-9-13-19(17-20)23-25(18-11-7-6-8-12-18)29-22-16-10-15-21(27(31)32-3)24(22)26(23)30/h6-17,23,25,28-29H,4-5H2,1-3H3. The van der Waals surface area contributed by atoms with Crippen molar-refractivity contribution in [3.8, 4) is 0 Å². The molecular weight excluding hydrogens is 430 g/mol. The molecule has 0 amide bonds. The number of carbonyl (C=O) groups is 2. The molecule has 0 radical (unpaired) electrons. The third-order valence-corrected chi connectivity index (χ3v) is 5.98. The lowest BCUT2D eigenvalue weighted by Crippen LogP contribution is -2.33. The van der Waals surface area contributed by atoms with E-state index in [1.807, 2.05) is 74.5 Å². The summed E-state index contributed by atoms with van der Waals surface area (Å²) in [5.74, 6) is -1.24. The summed E-state index contributed by atoms with van der Waals surface area (Å²) in [6, 6.07) is 22.5. The highest BCUT2D eigenvalue weighted by Crippen LogP contribution is 2.44. The van der Waals surface area contributed by atoms with Crippen LogP contribution in [0, 0.1) is 0 Å². The van der Waals surface area contributed by atoms with E-state index in [2.05, 4.69) is 5.32 Å². The number of carbonyl (C=O) groups excluding carboxylic acids is 2. The van der Waals surface area contributed by atoms with Crippen LogP contribution in [0.1, 0.15) is 69.5 Å². The molecule has 3 aromatic rings. The van der Waals surface area contributed by atoms with Crippen LogP contribution in [-0.2, 0) is 14.2 Å². The highest BCUT2D eigenvalue weighted by Gasteiger charge is 2.40. The summed E-state index contributed by atoms with van der Waals surface area (Å²) >= 11 is 0. The van der Waals surface area contributed by atoms with Gasteiger partial charge in [0, 0.05) is 24.5 Å². The van der Waals surface area contributed by atoms with Crippen molar-refractivity contribution in [1.29, 1.82) is 0 Å². The molecule has 1 heterocycles. The largest absolute Gasteiger partial charge is 0.465 e.